The third-order valence-corrected chi connectivity index (χ3v) is 7.18. The van der Waals surface area contributed by atoms with E-state index in [-0.39, 0.29) is 11.4 Å². The van der Waals surface area contributed by atoms with Gasteiger partial charge in [0.1, 0.15) is 5.69 Å². The highest BCUT2D eigenvalue weighted by atomic mass is 35.5. The van der Waals surface area contributed by atoms with Crippen molar-refractivity contribution in [3.63, 3.8) is 0 Å². The summed E-state index contributed by atoms with van der Waals surface area (Å²) in [6, 6.07) is 18.3. The summed E-state index contributed by atoms with van der Waals surface area (Å²) >= 11 is 12.2. The van der Waals surface area contributed by atoms with E-state index in [9.17, 15) is 19.7 Å². The summed E-state index contributed by atoms with van der Waals surface area (Å²) in [6.07, 6.45) is 1.95. The summed E-state index contributed by atoms with van der Waals surface area (Å²) in [7, 11) is 0. The molecule has 4 aromatic rings. The maximum Gasteiger partial charge on any atom is 0.339 e. The zero-order valence-electron chi connectivity index (χ0n) is 20.6. The molecule has 5 rings (SSSR count). The Kier molecular flexibility index (Phi) is 7.32. The van der Waals surface area contributed by atoms with Gasteiger partial charge in [-0.15, -0.1) is 0 Å². The molecule has 0 bridgehead atoms. The number of aromatic nitrogens is 1. The molecule has 1 amide bonds. The van der Waals surface area contributed by atoms with Crippen molar-refractivity contribution < 1.29 is 19.2 Å². The molecule has 1 unspecified atom stereocenters. The number of halogens is 2. The maximum atomic E-state index is 13.5. The number of carbonyl (C=O) groups excluding carboxylic acids is 2. The topological polar surface area (TPSA) is 111 Å². The lowest BCUT2D eigenvalue weighted by Crippen LogP contribution is -2.30. The predicted octanol–water partition coefficient (Wildman–Crippen LogP) is 7.12. The number of esters is 1. The maximum absolute atomic E-state index is 13.5. The molecular weight excluding hydrogens is 541 g/mol. The second-order valence-electron chi connectivity index (χ2n) is 8.99. The number of pyridine rings is 1. The molecule has 39 heavy (non-hydrogen) atoms. The molecule has 1 N–H and O–H groups in total. The van der Waals surface area contributed by atoms with Crippen LogP contribution in [0.25, 0.3) is 22.6 Å². The molecule has 3 aromatic carbocycles. The number of rotatable bonds is 6. The van der Waals surface area contributed by atoms with Crippen molar-refractivity contribution >= 4 is 69.0 Å². The Morgan fingerprint density at radius 3 is 2.56 bits per heavy atom. The van der Waals surface area contributed by atoms with Crippen molar-refractivity contribution in [1.82, 2.24) is 4.98 Å². The molecule has 0 fully saturated rings. The highest BCUT2D eigenvalue weighted by Gasteiger charge is 2.30. The molecule has 8 nitrogen and oxygen atoms in total. The second kappa shape index (κ2) is 10.8. The van der Waals surface area contributed by atoms with Crippen LogP contribution in [-0.4, -0.2) is 27.9 Å². The third-order valence-electron chi connectivity index (χ3n) is 6.44. The zero-order valence-corrected chi connectivity index (χ0v) is 22.1. The third kappa shape index (κ3) is 5.34. The van der Waals surface area contributed by atoms with Gasteiger partial charge >= 0.3 is 5.97 Å². The van der Waals surface area contributed by atoms with Gasteiger partial charge in [0.15, 0.2) is 6.10 Å². The van der Waals surface area contributed by atoms with E-state index in [1.54, 1.807) is 30.3 Å². The molecular formula is C29H21Cl2N3O5. The molecule has 10 heteroatoms. The van der Waals surface area contributed by atoms with Gasteiger partial charge in [-0.25, -0.2) is 9.78 Å². The fourth-order valence-corrected chi connectivity index (χ4v) is 4.87. The number of hydrogen-bond acceptors (Lipinski definition) is 6. The van der Waals surface area contributed by atoms with E-state index in [0.717, 1.165) is 16.7 Å². The smallest absolute Gasteiger partial charge is 0.339 e. The van der Waals surface area contributed by atoms with E-state index in [1.807, 2.05) is 24.3 Å². The lowest BCUT2D eigenvalue weighted by Gasteiger charge is -2.16. The summed E-state index contributed by atoms with van der Waals surface area (Å²) in [4.78, 5) is 41.9. The molecule has 0 spiro atoms. The number of nitrogens with one attached hydrogen (secondary N) is 1. The van der Waals surface area contributed by atoms with Crippen LogP contribution in [0.5, 0.6) is 0 Å². The second-order valence-corrected chi connectivity index (χ2v) is 9.80. The molecule has 1 aromatic heterocycles. The van der Waals surface area contributed by atoms with Gasteiger partial charge in [0.05, 0.1) is 31.7 Å². The number of benzene rings is 3. The van der Waals surface area contributed by atoms with E-state index < -0.39 is 22.9 Å². The van der Waals surface area contributed by atoms with E-state index in [2.05, 4.69) is 5.32 Å². The van der Waals surface area contributed by atoms with Crippen LogP contribution in [0.1, 0.15) is 40.5 Å². The number of fused-ring (bicyclic) bond motifs is 2. The number of allylic oxidation sites excluding steroid dienone is 1. The van der Waals surface area contributed by atoms with Crippen LogP contribution >= 0.6 is 23.2 Å². The Morgan fingerprint density at radius 2 is 1.79 bits per heavy atom. The number of nitro groups is 1. The van der Waals surface area contributed by atoms with E-state index in [4.69, 9.17) is 32.9 Å². The Hall–Kier alpha value is -4.27. The largest absolute Gasteiger partial charge is 0.449 e. The number of hydrogen-bond donors (Lipinski definition) is 1. The minimum Gasteiger partial charge on any atom is -0.449 e. The van der Waals surface area contributed by atoms with Crippen LogP contribution in [-0.2, 0) is 16.0 Å². The zero-order chi connectivity index (χ0) is 27.7. The first-order valence-electron chi connectivity index (χ1n) is 12.1. The summed E-state index contributed by atoms with van der Waals surface area (Å²) in [5.41, 5.74) is 3.92. The minimum absolute atomic E-state index is 0.0164. The Morgan fingerprint density at radius 1 is 1.05 bits per heavy atom. The van der Waals surface area contributed by atoms with E-state index >= 15 is 0 Å². The summed E-state index contributed by atoms with van der Waals surface area (Å²) in [5, 5.41) is 15.3. The monoisotopic (exact) mass is 561 g/mol. The number of nitrogens with zero attached hydrogens (tertiary/aromatic N) is 2. The van der Waals surface area contributed by atoms with E-state index in [0.29, 0.717) is 45.0 Å². The Balaban J connectivity index is 1.46. The quantitative estimate of drug-likeness (QED) is 0.152. The van der Waals surface area contributed by atoms with Crippen molar-refractivity contribution in [1.29, 1.82) is 0 Å². The average molecular weight is 562 g/mol. The van der Waals surface area contributed by atoms with Crippen molar-refractivity contribution in [3.05, 3.63) is 109 Å². The van der Waals surface area contributed by atoms with Crippen molar-refractivity contribution in [2.24, 2.45) is 0 Å². The summed E-state index contributed by atoms with van der Waals surface area (Å²) in [5.74, 6) is -1.36. The van der Waals surface area contributed by atoms with Crippen molar-refractivity contribution in [2.75, 3.05) is 5.32 Å². The molecule has 1 aliphatic carbocycles. The first kappa shape index (κ1) is 26.3. The first-order valence-corrected chi connectivity index (χ1v) is 12.8. The van der Waals surface area contributed by atoms with Gasteiger partial charge in [-0.1, -0.05) is 59.6 Å². The average Bonchev–Trinajstić information content (AvgIpc) is 3.31. The summed E-state index contributed by atoms with van der Waals surface area (Å²) in [6.45, 7) is 1.42. The van der Waals surface area contributed by atoms with Crippen LogP contribution in [0.15, 0.2) is 66.7 Å². The molecule has 0 saturated carbocycles. The highest BCUT2D eigenvalue weighted by Crippen LogP contribution is 2.38. The fraction of sp³-hybridized carbons (Fsp3) is 0.138. The molecule has 1 heterocycles. The number of amides is 1. The van der Waals surface area contributed by atoms with Gasteiger partial charge in [-0.2, -0.15) is 0 Å². The van der Waals surface area contributed by atoms with Crippen molar-refractivity contribution in [2.45, 2.75) is 25.9 Å². The molecule has 0 aliphatic heterocycles. The van der Waals surface area contributed by atoms with Gasteiger partial charge in [-0.3, -0.25) is 14.9 Å². The number of carbonyl (C=O) groups is 2. The molecule has 1 aliphatic rings. The summed E-state index contributed by atoms with van der Waals surface area (Å²) < 4.78 is 5.59. The standard InChI is InChI=1S/C29H21Cl2N3O5/c1-16(28(35)33-24-8-4-5-9-25(24)34(37)38)39-29(36)26-19-6-2-3-7-23(19)32-27-18(11-12-20(26)27)14-17-10-13-21(30)22(31)15-17/h2-10,13-16H,11-12H2,1H3,(H,33,35). The SMILES string of the molecule is CC(OC(=O)c1c2c(nc3ccccc13)C(=Cc1ccc(Cl)c(Cl)c1)CC2)C(=O)Nc1ccccc1[N+](=O)[O-]. The number of anilines is 1. The normalized spacial score (nSPS) is 14.2. The molecule has 0 saturated heterocycles. The van der Waals surface area contributed by atoms with Crippen LogP contribution < -0.4 is 5.32 Å². The van der Waals surface area contributed by atoms with Gasteiger partial charge in [-0.05, 0) is 66.8 Å². The van der Waals surface area contributed by atoms with Crippen LogP contribution in [0, 0.1) is 10.1 Å². The molecule has 196 valence electrons. The van der Waals surface area contributed by atoms with Crippen molar-refractivity contribution in [3.8, 4) is 0 Å². The van der Waals surface area contributed by atoms with Gasteiger partial charge in [0.25, 0.3) is 11.6 Å². The van der Waals surface area contributed by atoms with Gasteiger partial charge in [0.2, 0.25) is 0 Å². The van der Waals surface area contributed by atoms with Crippen LogP contribution in [0.2, 0.25) is 10.0 Å². The minimum atomic E-state index is -1.22. The molecule has 0 radical (unpaired) electrons. The van der Waals surface area contributed by atoms with Gasteiger partial charge < -0.3 is 10.1 Å². The van der Waals surface area contributed by atoms with E-state index in [1.165, 1.54) is 25.1 Å². The fourth-order valence-electron chi connectivity index (χ4n) is 4.56. The lowest BCUT2D eigenvalue weighted by atomic mass is 10.0. The lowest BCUT2D eigenvalue weighted by molar-refractivity contribution is -0.383. The highest BCUT2D eigenvalue weighted by molar-refractivity contribution is 6.42. The predicted molar refractivity (Wildman–Crippen MR) is 151 cm³/mol. The van der Waals surface area contributed by atoms with Crippen LogP contribution in [0.4, 0.5) is 11.4 Å². The number of ether oxygens (including phenoxy) is 1. The number of nitro benzene ring substituents is 1. The molecule has 1 atom stereocenters. The van der Waals surface area contributed by atoms with Gasteiger partial charge in [0, 0.05) is 11.5 Å². The van der Waals surface area contributed by atoms with Crippen LogP contribution in [0.3, 0.4) is 0 Å². The number of para-hydroxylation sites is 3. The Labute approximate surface area is 233 Å². The Bertz CT molecular complexity index is 1690. The first-order chi connectivity index (χ1) is 18.7.